The van der Waals surface area contributed by atoms with Gasteiger partial charge in [-0.05, 0) is 42.0 Å². The second-order valence-corrected chi connectivity index (χ2v) is 10.6. The predicted molar refractivity (Wildman–Crippen MR) is 116 cm³/mol. The van der Waals surface area contributed by atoms with E-state index in [0.717, 1.165) is 23.4 Å². The number of likely N-dealkylation sites (tertiary alicyclic amines) is 1. The summed E-state index contributed by atoms with van der Waals surface area (Å²) in [5, 5.41) is 19.2. The van der Waals surface area contributed by atoms with Gasteiger partial charge in [0.2, 0.25) is 0 Å². The molecule has 2 aromatic rings. The van der Waals surface area contributed by atoms with Crippen LogP contribution in [-0.2, 0) is 11.0 Å². The molecule has 1 saturated carbocycles. The second-order valence-electron chi connectivity index (χ2n) is 10.6. The van der Waals surface area contributed by atoms with Crippen molar-refractivity contribution >= 4 is 5.91 Å². The van der Waals surface area contributed by atoms with E-state index in [1.807, 2.05) is 35.2 Å². The van der Waals surface area contributed by atoms with Crippen molar-refractivity contribution < 1.29 is 14.6 Å². The summed E-state index contributed by atoms with van der Waals surface area (Å²) >= 11 is 0. The average Bonchev–Trinajstić information content (AvgIpc) is 3.34. The van der Waals surface area contributed by atoms with Crippen LogP contribution in [0, 0.1) is 10.8 Å². The molecule has 6 heteroatoms. The summed E-state index contributed by atoms with van der Waals surface area (Å²) in [6, 6.07) is 9.55. The van der Waals surface area contributed by atoms with Crippen molar-refractivity contribution in [3.63, 3.8) is 0 Å². The Morgan fingerprint density at radius 1 is 1.20 bits per heavy atom. The van der Waals surface area contributed by atoms with Crippen molar-refractivity contribution in [3.8, 4) is 5.75 Å². The summed E-state index contributed by atoms with van der Waals surface area (Å²) in [7, 11) is 1.63. The fourth-order valence-corrected chi connectivity index (χ4v) is 5.41. The fourth-order valence-electron chi connectivity index (χ4n) is 5.41. The van der Waals surface area contributed by atoms with Crippen LogP contribution in [0.4, 0.5) is 0 Å². The third-order valence-electron chi connectivity index (χ3n) is 7.77. The van der Waals surface area contributed by atoms with E-state index in [9.17, 15) is 9.90 Å². The third kappa shape index (κ3) is 2.88. The molecule has 1 saturated heterocycles. The molecule has 3 atom stereocenters. The Bertz CT molecular complexity index is 978. The minimum absolute atomic E-state index is 0.0772. The van der Waals surface area contributed by atoms with Crippen LogP contribution in [0.3, 0.4) is 0 Å². The van der Waals surface area contributed by atoms with Crippen LogP contribution >= 0.6 is 0 Å². The number of methoxy groups -OCH3 is 1. The molecule has 2 N–H and O–H groups in total. The van der Waals surface area contributed by atoms with Gasteiger partial charge in [-0.15, -0.1) is 0 Å². The lowest BCUT2D eigenvalue weighted by atomic mass is 9.63. The van der Waals surface area contributed by atoms with Gasteiger partial charge in [0.15, 0.2) is 0 Å². The molecule has 0 unspecified atom stereocenters. The molecule has 0 radical (unpaired) electrons. The van der Waals surface area contributed by atoms with E-state index in [0.29, 0.717) is 25.2 Å². The number of nitrogens with one attached hydrogen (secondary N) is 1. The van der Waals surface area contributed by atoms with Crippen molar-refractivity contribution in [1.82, 2.24) is 15.1 Å². The van der Waals surface area contributed by atoms with Crippen LogP contribution in [0.1, 0.15) is 69.2 Å². The molecular weight excluding hydrogens is 378 g/mol. The van der Waals surface area contributed by atoms with E-state index in [1.165, 1.54) is 0 Å². The van der Waals surface area contributed by atoms with E-state index in [-0.39, 0.29) is 16.7 Å². The van der Waals surface area contributed by atoms with Gasteiger partial charge >= 0.3 is 0 Å². The number of aliphatic hydroxyl groups is 1. The highest BCUT2D eigenvalue weighted by molar-refractivity contribution is 5.92. The topological polar surface area (TPSA) is 78.5 Å². The third-order valence-corrected chi connectivity index (χ3v) is 7.77. The van der Waals surface area contributed by atoms with Gasteiger partial charge in [-0.1, -0.05) is 46.8 Å². The van der Waals surface area contributed by atoms with Crippen LogP contribution in [0.15, 0.2) is 30.3 Å². The zero-order valence-electron chi connectivity index (χ0n) is 18.9. The van der Waals surface area contributed by atoms with Gasteiger partial charge in [0.05, 0.1) is 12.7 Å². The zero-order valence-corrected chi connectivity index (χ0v) is 18.9. The van der Waals surface area contributed by atoms with E-state index in [2.05, 4.69) is 44.8 Å². The maximum absolute atomic E-state index is 13.3. The van der Waals surface area contributed by atoms with Crippen LogP contribution < -0.4 is 4.74 Å². The summed E-state index contributed by atoms with van der Waals surface area (Å²) in [5.41, 5.74) is 0.477. The highest BCUT2D eigenvalue weighted by atomic mass is 16.5. The first kappa shape index (κ1) is 20.9. The van der Waals surface area contributed by atoms with E-state index >= 15 is 0 Å². The molecule has 30 heavy (non-hydrogen) atoms. The Labute approximate surface area is 178 Å². The summed E-state index contributed by atoms with van der Waals surface area (Å²) in [6.07, 6.45) is 1.53. The quantitative estimate of drug-likeness (QED) is 0.804. The number of rotatable bonds is 3. The van der Waals surface area contributed by atoms with Gasteiger partial charge in [-0.25, -0.2) is 0 Å². The summed E-state index contributed by atoms with van der Waals surface area (Å²) < 4.78 is 5.39. The molecule has 1 aliphatic carbocycles. The zero-order chi connectivity index (χ0) is 21.9. The highest BCUT2D eigenvalue weighted by Crippen LogP contribution is 2.65. The highest BCUT2D eigenvalue weighted by Gasteiger charge is 2.67. The number of amides is 1. The maximum Gasteiger partial charge on any atom is 0.274 e. The Balaban J connectivity index is 1.65. The lowest BCUT2D eigenvalue weighted by Crippen LogP contribution is -2.47. The molecule has 1 aromatic carbocycles. The van der Waals surface area contributed by atoms with Gasteiger partial charge in [-0.2, -0.15) is 5.10 Å². The maximum atomic E-state index is 13.3. The number of ether oxygens (including phenoxy) is 1. The first-order valence-corrected chi connectivity index (χ1v) is 10.7. The summed E-state index contributed by atoms with van der Waals surface area (Å²) in [5.74, 6) is 0.655. The monoisotopic (exact) mass is 411 g/mol. The number of hydrogen-bond acceptors (Lipinski definition) is 4. The van der Waals surface area contributed by atoms with Crippen LogP contribution in [0.25, 0.3) is 0 Å². The molecule has 2 heterocycles. The molecule has 2 fully saturated rings. The van der Waals surface area contributed by atoms with Crippen molar-refractivity contribution in [1.29, 1.82) is 0 Å². The number of benzene rings is 1. The number of H-pyrrole nitrogens is 1. The molecule has 2 aliphatic rings. The van der Waals surface area contributed by atoms with Crippen molar-refractivity contribution in [2.75, 3.05) is 20.2 Å². The van der Waals surface area contributed by atoms with Gasteiger partial charge < -0.3 is 14.7 Å². The van der Waals surface area contributed by atoms with Gasteiger partial charge in [0, 0.05) is 29.6 Å². The lowest BCUT2D eigenvalue weighted by Gasteiger charge is -2.43. The first-order valence-electron chi connectivity index (χ1n) is 10.7. The minimum atomic E-state index is -1.02. The number of carbonyl (C=O) groups excluding carboxylic acids is 1. The minimum Gasteiger partial charge on any atom is -0.497 e. The summed E-state index contributed by atoms with van der Waals surface area (Å²) in [6.45, 7) is 11.7. The van der Waals surface area contributed by atoms with Gasteiger partial charge in [-0.3, -0.25) is 9.89 Å². The molecular formula is C24H33N3O3. The van der Waals surface area contributed by atoms with E-state index in [4.69, 9.17) is 4.74 Å². The molecule has 1 amide bonds. The molecule has 0 bridgehead atoms. The summed E-state index contributed by atoms with van der Waals surface area (Å²) in [4.78, 5) is 15.2. The molecule has 162 valence electrons. The number of fused-ring (bicyclic) bond motifs is 1. The Morgan fingerprint density at radius 3 is 2.57 bits per heavy atom. The number of carbonyl (C=O) groups is 1. The average molecular weight is 412 g/mol. The molecule has 6 nitrogen and oxygen atoms in total. The van der Waals surface area contributed by atoms with E-state index < -0.39 is 11.0 Å². The van der Waals surface area contributed by atoms with Crippen LogP contribution in [0.5, 0.6) is 5.75 Å². The number of aromatic amines is 1. The Kier molecular flexibility index (Phi) is 4.59. The van der Waals surface area contributed by atoms with Gasteiger partial charge in [0.1, 0.15) is 11.4 Å². The Hall–Kier alpha value is -2.34. The van der Waals surface area contributed by atoms with Crippen molar-refractivity contribution in [2.24, 2.45) is 10.8 Å². The first-order chi connectivity index (χ1) is 13.9. The van der Waals surface area contributed by atoms with Crippen LogP contribution in [0.2, 0.25) is 0 Å². The molecule has 4 rings (SSSR count). The Morgan fingerprint density at radius 2 is 1.93 bits per heavy atom. The standard InChI is InChI=1S/C24H33N3O3/c1-21(2,3)19-13-18(25-26-19)20(28)27-14-22(4)10-11-24(29,23(22,5)15-27)16-8-7-9-17(12-16)30-6/h7-9,12-13,29H,10-11,14-15H2,1-6H3,(H,25,26)/t22-,23+,24+/m1/s1. The molecule has 1 aliphatic heterocycles. The number of hydrogen-bond donors (Lipinski definition) is 2. The van der Waals surface area contributed by atoms with Gasteiger partial charge in [0.25, 0.3) is 5.91 Å². The lowest BCUT2D eigenvalue weighted by molar-refractivity contribution is -0.0795. The SMILES string of the molecule is COc1cccc([C@@]2(O)CC[C@]3(C)CN(C(=O)c4cc(C(C)(C)C)[nH]n4)C[C@@]32C)c1. The predicted octanol–water partition coefficient (Wildman–Crippen LogP) is 3.87. The number of nitrogens with zero attached hydrogens (tertiary/aromatic N) is 2. The normalized spacial score (nSPS) is 31.1. The van der Waals surface area contributed by atoms with Crippen molar-refractivity contribution in [2.45, 2.75) is 58.5 Å². The van der Waals surface area contributed by atoms with Crippen LogP contribution in [-0.4, -0.2) is 46.3 Å². The smallest absolute Gasteiger partial charge is 0.274 e. The number of aromatic nitrogens is 2. The largest absolute Gasteiger partial charge is 0.497 e. The van der Waals surface area contributed by atoms with Crippen molar-refractivity contribution in [3.05, 3.63) is 47.3 Å². The fraction of sp³-hybridized carbons (Fsp3) is 0.583. The molecule has 1 aromatic heterocycles. The van der Waals surface area contributed by atoms with E-state index in [1.54, 1.807) is 7.11 Å². The molecule has 0 spiro atoms. The second kappa shape index (κ2) is 6.58.